The molecule has 0 bridgehead atoms. The van der Waals surface area contributed by atoms with Crippen LogP contribution in [0.15, 0.2) is 60.9 Å². The van der Waals surface area contributed by atoms with Gasteiger partial charge < -0.3 is 10.8 Å². The van der Waals surface area contributed by atoms with Gasteiger partial charge in [-0.25, -0.2) is 24.0 Å². The fourth-order valence-corrected chi connectivity index (χ4v) is 3.73. The minimum absolute atomic E-state index is 0.243. The van der Waals surface area contributed by atoms with Gasteiger partial charge >= 0.3 is 0 Å². The first-order chi connectivity index (χ1) is 16.0. The SMILES string of the molecule is C[C@H](O)C#Cc1nn(Cc2cc3ccccc3nc2-c2ccccc2F)c2ncnc(N)c12. The number of benzene rings is 2. The predicted octanol–water partition coefficient (Wildman–Crippen LogP) is 3.54. The van der Waals surface area contributed by atoms with Crippen LogP contribution in [0.1, 0.15) is 18.2 Å². The first-order valence-corrected chi connectivity index (χ1v) is 10.3. The highest BCUT2D eigenvalue weighted by atomic mass is 19.1. The fourth-order valence-electron chi connectivity index (χ4n) is 3.73. The highest BCUT2D eigenvalue weighted by Gasteiger charge is 2.18. The van der Waals surface area contributed by atoms with Crippen LogP contribution in [0.3, 0.4) is 0 Å². The van der Waals surface area contributed by atoms with E-state index in [-0.39, 0.29) is 18.2 Å². The molecule has 0 radical (unpaired) electrons. The number of rotatable bonds is 3. The Morgan fingerprint density at radius 2 is 1.91 bits per heavy atom. The molecule has 0 amide bonds. The minimum Gasteiger partial charge on any atom is -0.383 e. The monoisotopic (exact) mass is 438 g/mol. The zero-order chi connectivity index (χ0) is 22.9. The molecule has 3 aromatic heterocycles. The van der Waals surface area contributed by atoms with Crippen molar-refractivity contribution in [2.75, 3.05) is 5.73 Å². The lowest BCUT2D eigenvalue weighted by molar-refractivity contribution is 0.253. The number of aliphatic hydroxyl groups excluding tert-OH is 1. The molecule has 5 rings (SSSR count). The number of hydrogen-bond donors (Lipinski definition) is 2. The van der Waals surface area contributed by atoms with Crippen molar-refractivity contribution in [2.24, 2.45) is 0 Å². The molecule has 33 heavy (non-hydrogen) atoms. The van der Waals surface area contributed by atoms with Crippen molar-refractivity contribution in [3.8, 4) is 23.1 Å². The van der Waals surface area contributed by atoms with Crippen LogP contribution in [-0.2, 0) is 6.54 Å². The van der Waals surface area contributed by atoms with Crippen molar-refractivity contribution in [3.63, 3.8) is 0 Å². The number of aliphatic hydroxyl groups is 1. The van der Waals surface area contributed by atoms with Gasteiger partial charge in [-0.1, -0.05) is 36.3 Å². The summed E-state index contributed by atoms with van der Waals surface area (Å²) >= 11 is 0. The van der Waals surface area contributed by atoms with Gasteiger partial charge in [0.1, 0.15) is 29.8 Å². The average molecular weight is 438 g/mol. The third kappa shape index (κ3) is 3.86. The molecule has 0 aliphatic heterocycles. The van der Waals surface area contributed by atoms with Crippen LogP contribution < -0.4 is 5.73 Å². The van der Waals surface area contributed by atoms with Gasteiger partial charge in [-0.05, 0) is 37.1 Å². The molecular weight excluding hydrogens is 419 g/mol. The number of hydrogen-bond acceptors (Lipinski definition) is 6. The number of halogens is 1. The van der Waals surface area contributed by atoms with Crippen molar-refractivity contribution in [1.82, 2.24) is 24.7 Å². The summed E-state index contributed by atoms with van der Waals surface area (Å²) in [6, 6.07) is 16.2. The van der Waals surface area contributed by atoms with E-state index in [1.165, 1.54) is 12.4 Å². The molecule has 8 heteroatoms. The van der Waals surface area contributed by atoms with Crippen LogP contribution in [-0.4, -0.2) is 35.9 Å². The second-order valence-corrected chi connectivity index (χ2v) is 7.58. The average Bonchev–Trinajstić information content (AvgIpc) is 3.16. The van der Waals surface area contributed by atoms with E-state index in [4.69, 9.17) is 10.7 Å². The molecule has 0 spiro atoms. The lowest BCUT2D eigenvalue weighted by Gasteiger charge is -2.12. The Bertz CT molecular complexity index is 1560. The second-order valence-electron chi connectivity index (χ2n) is 7.58. The molecule has 0 unspecified atom stereocenters. The van der Waals surface area contributed by atoms with E-state index in [1.54, 1.807) is 29.8 Å². The number of para-hydroxylation sites is 1. The maximum Gasteiger partial charge on any atom is 0.164 e. The van der Waals surface area contributed by atoms with Gasteiger partial charge in [0.15, 0.2) is 5.65 Å². The largest absolute Gasteiger partial charge is 0.383 e. The van der Waals surface area contributed by atoms with Gasteiger partial charge in [0.05, 0.1) is 23.1 Å². The van der Waals surface area contributed by atoms with Gasteiger partial charge in [0.25, 0.3) is 0 Å². The Morgan fingerprint density at radius 3 is 2.73 bits per heavy atom. The lowest BCUT2D eigenvalue weighted by atomic mass is 10.0. The molecule has 0 fully saturated rings. The van der Waals surface area contributed by atoms with Gasteiger partial charge in [-0.3, -0.25) is 0 Å². The number of nitrogens with zero attached hydrogens (tertiary/aromatic N) is 5. The maximum absolute atomic E-state index is 14.7. The topological polar surface area (TPSA) is 103 Å². The van der Waals surface area contributed by atoms with E-state index in [2.05, 4.69) is 26.9 Å². The van der Waals surface area contributed by atoms with Crippen LogP contribution in [0.4, 0.5) is 10.2 Å². The predicted molar refractivity (Wildman–Crippen MR) is 125 cm³/mol. The van der Waals surface area contributed by atoms with Crippen LogP contribution in [0.5, 0.6) is 0 Å². The molecule has 5 aromatic rings. The molecular formula is C25H19FN6O. The van der Waals surface area contributed by atoms with Crippen LogP contribution in [0.25, 0.3) is 33.2 Å². The summed E-state index contributed by atoms with van der Waals surface area (Å²) < 4.78 is 16.4. The van der Waals surface area contributed by atoms with E-state index in [0.717, 1.165) is 16.5 Å². The van der Waals surface area contributed by atoms with Crippen molar-refractivity contribution >= 4 is 27.8 Å². The van der Waals surface area contributed by atoms with E-state index in [1.807, 2.05) is 30.3 Å². The summed E-state index contributed by atoms with van der Waals surface area (Å²) in [6.45, 7) is 1.82. The van der Waals surface area contributed by atoms with Gasteiger partial charge in [-0.2, -0.15) is 5.10 Å². The molecule has 0 aliphatic carbocycles. The van der Waals surface area contributed by atoms with Gasteiger partial charge in [0, 0.05) is 16.5 Å². The number of anilines is 1. The van der Waals surface area contributed by atoms with E-state index >= 15 is 0 Å². The smallest absolute Gasteiger partial charge is 0.164 e. The summed E-state index contributed by atoms with van der Waals surface area (Å²) in [7, 11) is 0. The number of aromatic nitrogens is 5. The lowest BCUT2D eigenvalue weighted by Crippen LogP contribution is -2.06. The van der Waals surface area contributed by atoms with Crippen LogP contribution in [0.2, 0.25) is 0 Å². The maximum atomic E-state index is 14.7. The third-order valence-corrected chi connectivity index (χ3v) is 5.21. The molecule has 162 valence electrons. The molecule has 3 heterocycles. The highest BCUT2D eigenvalue weighted by Crippen LogP contribution is 2.29. The van der Waals surface area contributed by atoms with E-state index in [0.29, 0.717) is 28.0 Å². The molecule has 2 aromatic carbocycles. The number of nitrogen functional groups attached to an aromatic ring is 1. The zero-order valence-electron chi connectivity index (χ0n) is 17.7. The van der Waals surface area contributed by atoms with Crippen molar-refractivity contribution in [3.05, 3.63) is 78.0 Å². The molecule has 0 saturated heterocycles. The van der Waals surface area contributed by atoms with Crippen LogP contribution >= 0.6 is 0 Å². The molecule has 1 atom stereocenters. The summed E-state index contributed by atoms with van der Waals surface area (Å²) in [5, 5.41) is 15.6. The Hall–Kier alpha value is -4.35. The number of pyridine rings is 1. The standard InChI is InChI=1S/C25H19FN6O/c1-15(33)10-11-21-22-24(27)28-14-29-25(22)32(31-21)13-17-12-16-6-2-5-9-20(16)30-23(17)18-7-3-4-8-19(18)26/h2-9,12,14-15,33H,13H2,1H3,(H2,27,28,29)/t15-/m0/s1. The van der Waals surface area contributed by atoms with Crippen LogP contribution in [0, 0.1) is 17.7 Å². The molecule has 0 aliphatic rings. The minimum atomic E-state index is -0.826. The Morgan fingerprint density at radius 1 is 1.12 bits per heavy atom. The summed E-state index contributed by atoms with van der Waals surface area (Å²) in [6.07, 6.45) is 0.534. The summed E-state index contributed by atoms with van der Waals surface area (Å²) in [5.41, 5.74) is 9.39. The summed E-state index contributed by atoms with van der Waals surface area (Å²) in [5.74, 6) is 5.42. The Balaban J connectivity index is 1.72. The van der Waals surface area contributed by atoms with Crippen molar-refractivity contribution < 1.29 is 9.50 Å². The molecule has 7 nitrogen and oxygen atoms in total. The highest BCUT2D eigenvalue weighted by molar-refractivity contribution is 5.90. The zero-order valence-corrected chi connectivity index (χ0v) is 17.7. The fraction of sp³-hybridized carbons (Fsp3) is 0.120. The normalized spacial score (nSPS) is 12.0. The van der Waals surface area contributed by atoms with Gasteiger partial charge in [-0.15, -0.1) is 0 Å². The van der Waals surface area contributed by atoms with Crippen molar-refractivity contribution in [2.45, 2.75) is 19.6 Å². The Labute approximate surface area is 188 Å². The van der Waals surface area contributed by atoms with Crippen molar-refractivity contribution in [1.29, 1.82) is 0 Å². The second kappa shape index (κ2) is 8.30. The summed E-state index contributed by atoms with van der Waals surface area (Å²) in [4.78, 5) is 13.2. The quantitative estimate of drug-likeness (QED) is 0.418. The third-order valence-electron chi connectivity index (χ3n) is 5.21. The Kier molecular flexibility index (Phi) is 5.17. The first-order valence-electron chi connectivity index (χ1n) is 10.3. The number of fused-ring (bicyclic) bond motifs is 2. The van der Waals surface area contributed by atoms with E-state index in [9.17, 15) is 9.50 Å². The first kappa shape index (κ1) is 20.5. The number of nitrogens with two attached hydrogens (primary N) is 1. The van der Waals surface area contributed by atoms with Gasteiger partial charge in [0.2, 0.25) is 0 Å². The van der Waals surface area contributed by atoms with E-state index < -0.39 is 6.10 Å². The molecule has 0 saturated carbocycles. The molecule has 3 N–H and O–H groups in total.